The molecule has 1 N–H and O–H groups in total. The van der Waals surface area contributed by atoms with E-state index in [1.807, 2.05) is 0 Å². The van der Waals surface area contributed by atoms with Gasteiger partial charge >= 0.3 is 5.97 Å². The molecule has 1 aromatic rings. The molecule has 1 aliphatic rings. The maximum absolute atomic E-state index is 12.0. The highest BCUT2D eigenvalue weighted by atomic mass is 32.1. The van der Waals surface area contributed by atoms with Gasteiger partial charge in [0.25, 0.3) is 0 Å². The number of anilines is 1. The van der Waals surface area contributed by atoms with Crippen LogP contribution in [0, 0.1) is 5.92 Å². The molecule has 1 heterocycles. The summed E-state index contributed by atoms with van der Waals surface area (Å²) >= 11 is 4.20. The van der Waals surface area contributed by atoms with E-state index in [1.165, 1.54) is 19.2 Å². The summed E-state index contributed by atoms with van der Waals surface area (Å²) in [5.41, 5.74) is 0.662. The number of nitrogens with zero attached hydrogens (tertiary/aromatic N) is 1. The van der Waals surface area contributed by atoms with Crippen molar-refractivity contribution in [3.05, 3.63) is 23.8 Å². The lowest BCUT2D eigenvalue weighted by Gasteiger charge is -2.19. The Balaban J connectivity index is 2.39. The van der Waals surface area contributed by atoms with Gasteiger partial charge in [-0.15, -0.1) is 0 Å². The van der Waals surface area contributed by atoms with Gasteiger partial charge in [0.2, 0.25) is 5.91 Å². The number of benzene rings is 1. The van der Waals surface area contributed by atoms with Gasteiger partial charge < -0.3 is 14.7 Å². The smallest absolute Gasteiger partial charge is 0.340 e. The van der Waals surface area contributed by atoms with Crippen molar-refractivity contribution >= 4 is 30.2 Å². The van der Waals surface area contributed by atoms with Crippen LogP contribution < -0.4 is 4.90 Å². The number of phenols is 1. The Hall–Kier alpha value is -1.69. The number of hydrogen-bond donors (Lipinski definition) is 2. The molecule has 1 amide bonds. The van der Waals surface area contributed by atoms with Crippen molar-refractivity contribution in [1.82, 2.24) is 0 Å². The van der Waals surface area contributed by atoms with E-state index >= 15 is 0 Å². The van der Waals surface area contributed by atoms with E-state index in [9.17, 15) is 14.7 Å². The van der Waals surface area contributed by atoms with Gasteiger partial charge in [-0.05, 0) is 29.9 Å². The molecule has 0 aromatic heterocycles. The topological polar surface area (TPSA) is 66.8 Å². The number of esters is 1. The Bertz CT molecular complexity index is 517. The molecule has 1 atom stereocenters. The van der Waals surface area contributed by atoms with Crippen LogP contribution in [-0.2, 0) is 9.53 Å². The van der Waals surface area contributed by atoms with Crippen molar-refractivity contribution in [3.8, 4) is 5.75 Å². The van der Waals surface area contributed by atoms with E-state index in [0.29, 0.717) is 24.4 Å². The average Bonchev–Trinajstić information content (AvgIpc) is 2.79. The van der Waals surface area contributed by atoms with Crippen LogP contribution in [0.3, 0.4) is 0 Å². The van der Waals surface area contributed by atoms with Crippen LogP contribution in [0.2, 0.25) is 0 Å². The fraction of sp³-hybridized carbons (Fsp3) is 0.385. The van der Waals surface area contributed by atoms with Crippen molar-refractivity contribution in [2.24, 2.45) is 5.92 Å². The van der Waals surface area contributed by atoms with E-state index in [4.69, 9.17) is 0 Å². The molecule has 1 aliphatic heterocycles. The van der Waals surface area contributed by atoms with E-state index in [-0.39, 0.29) is 23.1 Å². The van der Waals surface area contributed by atoms with Crippen LogP contribution in [0.5, 0.6) is 5.75 Å². The second-order valence-corrected chi connectivity index (χ2v) is 4.82. The predicted molar refractivity (Wildman–Crippen MR) is 73.8 cm³/mol. The van der Waals surface area contributed by atoms with Crippen molar-refractivity contribution in [1.29, 1.82) is 0 Å². The summed E-state index contributed by atoms with van der Waals surface area (Å²) < 4.78 is 4.68. The van der Waals surface area contributed by atoms with Gasteiger partial charge in [-0.25, -0.2) is 4.79 Å². The quantitative estimate of drug-likeness (QED) is 0.650. The lowest BCUT2D eigenvalue weighted by atomic mass is 10.1. The SMILES string of the molecule is COC(=O)c1cc(O)ccc1N1CC(CS)CC1=O. The largest absolute Gasteiger partial charge is 0.508 e. The molecule has 0 bridgehead atoms. The monoisotopic (exact) mass is 281 g/mol. The molecule has 0 spiro atoms. The molecule has 1 saturated heterocycles. The lowest BCUT2D eigenvalue weighted by Crippen LogP contribution is -2.26. The Morgan fingerprint density at radius 1 is 1.58 bits per heavy atom. The number of ether oxygens (including phenoxy) is 1. The van der Waals surface area contributed by atoms with Gasteiger partial charge in [-0.2, -0.15) is 12.6 Å². The molecule has 6 heteroatoms. The van der Waals surface area contributed by atoms with Crippen molar-refractivity contribution in [2.45, 2.75) is 6.42 Å². The van der Waals surface area contributed by atoms with Crippen LogP contribution in [-0.4, -0.2) is 36.4 Å². The van der Waals surface area contributed by atoms with E-state index in [2.05, 4.69) is 17.4 Å². The highest BCUT2D eigenvalue weighted by molar-refractivity contribution is 7.80. The predicted octanol–water partition coefficient (Wildman–Crippen LogP) is 1.46. The third-order valence-electron chi connectivity index (χ3n) is 3.14. The summed E-state index contributed by atoms with van der Waals surface area (Å²) in [6.07, 6.45) is 0.422. The van der Waals surface area contributed by atoms with Crippen molar-refractivity contribution < 1.29 is 19.4 Å². The fourth-order valence-electron chi connectivity index (χ4n) is 2.17. The maximum Gasteiger partial charge on any atom is 0.340 e. The summed E-state index contributed by atoms with van der Waals surface area (Å²) in [7, 11) is 1.26. The number of rotatable bonds is 3. The lowest BCUT2D eigenvalue weighted by molar-refractivity contribution is -0.117. The minimum absolute atomic E-state index is 0.0402. The number of methoxy groups -OCH3 is 1. The van der Waals surface area contributed by atoms with Gasteiger partial charge in [-0.3, -0.25) is 4.79 Å². The molecule has 1 unspecified atom stereocenters. The Labute approximate surface area is 116 Å². The maximum atomic E-state index is 12.0. The zero-order chi connectivity index (χ0) is 14.0. The second kappa shape index (κ2) is 5.52. The molecule has 0 radical (unpaired) electrons. The standard InChI is InChI=1S/C13H15NO4S/c1-18-13(17)10-5-9(15)2-3-11(10)14-6-8(7-19)4-12(14)16/h2-3,5,8,15,19H,4,6-7H2,1H3. The zero-order valence-electron chi connectivity index (χ0n) is 10.5. The number of phenolic OH excluding ortho intramolecular Hbond substituents is 1. The third kappa shape index (κ3) is 2.68. The van der Waals surface area contributed by atoms with Crippen LogP contribution >= 0.6 is 12.6 Å². The number of thiol groups is 1. The van der Waals surface area contributed by atoms with Crippen LogP contribution in [0.4, 0.5) is 5.69 Å². The van der Waals surface area contributed by atoms with Crippen LogP contribution in [0.1, 0.15) is 16.8 Å². The Kier molecular flexibility index (Phi) is 3.99. The molecule has 102 valence electrons. The second-order valence-electron chi connectivity index (χ2n) is 4.45. The van der Waals surface area contributed by atoms with E-state index in [1.54, 1.807) is 11.0 Å². The highest BCUT2D eigenvalue weighted by Gasteiger charge is 2.32. The minimum Gasteiger partial charge on any atom is -0.508 e. The summed E-state index contributed by atoms with van der Waals surface area (Å²) in [4.78, 5) is 25.2. The van der Waals surface area contributed by atoms with Gasteiger partial charge in [0, 0.05) is 13.0 Å². The van der Waals surface area contributed by atoms with Crippen molar-refractivity contribution in [3.63, 3.8) is 0 Å². The number of carbonyl (C=O) groups excluding carboxylic acids is 2. The summed E-state index contributed by atoms with van der Waals surface area (Å²) in [6, 6.07) is 4.31. The Morgan fingerprint density at radius 2 is 2.32 bits per heavy atom. The molecule has 19 heavy (non-hydrogen) atoms. The molecule has 0 aliphatic carbocycles. The van der Waals surface area contributed by atoms with Gasteiger partial charge in [0.05, 0.1) is 18.4 Å². The molecule has 5 nitrogen and oxygen atoms in total. The number of carbonyl (C=O) groups is 2. The first-order chi connectivity index (χ1) is 9.06. The van der Waals surface area contributed by atoms with Crippen LogP contribution in [0.25, 0.3) is 0 Å². The first-order valence-corrected chi connectivity index (χ1v) is 6.52. The highest BCUT2D eigenvalue weighted by Crippen LogP contribution is 2.31. The van der Waals surface area contributed by atoms with Gasteiger partial charge in [-0.1, -0.05) is 0 Å². The molecule has 1 aromatic carbocycles. The van der Waals surface area contributed by atoms with Crippen molar-refractivity contribution in [2.75, 3.05) is 24.3 Å². The number of amides is 1. The van der Waals surface area contributed by atoms with Crippen LogP contribution in [0.15, 0.2) is 18.2 Å². The molecule has 0 saturated carbocycles. The third-order valence-corrected chi connectivity index (χ3v) is 3.66. The van der Waals surface area contributed by atoms with Gasteiger partial charge in [0.15, 0.2) is 0 Å². The summed E-state index contributed by atoms with van der Waals surface area (Å²) in [5.74, 6) is 0.132. The first kappa shape index (κ1) is 13.7. The fourth-order valence-corrected chi connectivity index (χ4v) is 2.41. The zero-order valence-corrected chi connectivity index (χ0v) is 11.4. The minimum atomic E-state index is -0.576. The van der Waals surface area contributed by atoms with E-state index in [0.717, 1.165) is 0 Å². The molecule has 1 fully saturated rings. The molecular weight excluding hydrogens is 266 g/mol. The number of hydrogen-bond acceptors (Lipinski definition) is 5. The summed E-state index contributed by atoms with van der Waals surface area (Å²) in [6.45, 7) is 0.525. The summed E-state index contributed by atoms with van der Waals surface area (Å²) in [5, 5.41) is 9.47. The Morgan fingerprint density at radius 3 is 2.89 bits per heavy atom. The normalized spacial score (nSPS) is 18.7. The molecular formula is C13H15NO4S. The van der Waals surface area contributed by atoms with Gasteiger partial charge in [0.1, 0.15) is 5.75 Å². The first-order valence-electron chi connectivity index (χ1n) is 5.89. The average molecular weight is 281 g/mol. The number of aromatic hydroxyl groups is 1. The van der Waals surface area contributed by atoms with E-state index < -0.39 is 5.97 Å². The molecule has 2 rings (SSSR count).